The molecule has 0 aliphatic rings. The highest BCUT2D eigenvalue weighted by molar-refractivity contribution is 7.26. The monoisotopic (exact) mass is 1340 g/mol. The van der Waals surface area contributed by atoms with Crippen LogP contribution < -0.4 is 0 Å². The molecule has 0 saturated carbocycles. The fraction of sp³-hybridized carbons (Fsp3) is 0. The summed E-state index contributed by atoms with van der Waals surface area (Å²) >= 11 is 3.61. The number of fused-ring (bicyclic) bond motifs is 20. The van der Waals surface area contributed by atoms with Crippen LogP contribution in [0.4, 0.5) is 0 Å². The average Bonchev–Trinajstić information content (AvgIpc) is 1.55. The predicted molar refractivity (Wildman–Crippen MR) is 425 cm³/mol. The Hall–Kier alpha value is -13.3. The molecule has 22 rings (SSSR count). The molecule has 10 nitrogen and oxygen atoms in total. The van der Waals surface area contributed by atoms with Crippen LogP contribution in [-0.2, 0) is 0 Å². The van der Waals surface area contributed by atoms with E-state index < -0.39 is 0 Å². The standard InChI is InChI=1S/2C45H27N5S/c1-3-14-28(15-4-1)43-46-44(34-21-13-25-39-40(34)33-20-9-12-24-38(33)51-39)48-45(47-43)50-36-23-11-8-19-32(36)41-37(50)27-26-31-30-18-7-10-22-35(30)49(42(31)41)29-16-5-2-6-17-29;1-3-13-28(14-4-1)43-46-44(29-23-26-40-35(27-29)32-18-9-12-22-39(32)51-40)48-45(47-43)50-37-21-11-8-19-34(37)41-38(50)25-24-33-31-17-7-10-20-36(31)49(42(33)41)30-15-5-2-6-16-30/h2*1-27H. The lowest BCUT2D eigenvalue weighted by molar-refractivity contribution is 0.953. The fourth-order valence-electron chi connectivity index (χ4n) is 15.6. The third kappa shape index (κ3) is 9.03. The van der Waals surface area contributed by atoms with Crippen molar-refractivity contribution in [2.45, 2.75) is 0 Å². The van der Waals surface area contributed by atoms with Crippen molar-refractivity contribution in [2.75, 3.05) is 0 Å². The van der Waals surface area contributed by atoms with Crippen LogP contribution in [0.15, 0.2) is 328 Å². The van der Waals surface area contributed by atoms with Gasteiger partial charge in [0.05, 0.1) is 44.1 Å². The normalized spacial score (nSPS) is 11.9. The summed E-state index contributed by atoms with van der Waals surface area (Å²) in [5.74, 6) is 3.74. The van der Waals surface area contributed by atoms with Gasteiger partial charge in [-0.3, -0.25) is 9.13 Å². The van der Waals surface area contributed by atoms with Gasteiger partial charge in [0.15, 0.2) is 23.3 Å². The van der Waals surface area contributed by atoms with Gasteiger partial charge in [0.2, 0.25) is 11.9 Å². The van der Waals surface area contributed by atoms with Gasteiger partial charge >= 0.3 is 0 Å². The highest BCUT2D eigenvalue weighted by atomic mass is 32.1. The van der Waals surface area contributed by atoms with Crippen molar-refractivity contribution in [3.05, 3.63) is 328 Å². The molecule has 12 heteroatoms. The molecule has 0 saturated heterocycles. The van der Waals surface area contributed by atoms with E-state index in [-0.39, 0.29) is 0 Å². The molecule has 14 aromatic carbocycles. The summed E-state index contributed by atoms with van der Waals surface area (Å²) in [4.78, 5) is 31.4. The van der Waals surface area contributed by atoms with Crippen molar-refractivity contribution < 1.29 is 0 Å². The first kappa shape index (κ1) is 57.8. The van der Waals surface area contributed by atoms with Crippen molar-refractivity contribution in [3.63, 3.8) is 0 Å². The van der Waals surface area contributed by atoms with Crippen molar-refractivity contribution in [2.24, 2.45) is 0 Å². The number of hydrogen-bond acceptors (Lipinski definition) is 8. The van der Waals surface area contributed by atoms with Crippen molar-refractivity contribution in [1.29, 1.82) is 0 Å². The number of aromatic nitrogens is 10. The Balaban J connectivity index is 0.000000133. The maximum Gasteiger partial charge on any atom is 0.238 e. The second kappa shape index (κ2) is 23.2. The van der Waals surface area contributed by atoms with Gasteiger partial charge in [-0.05, 0) is 97.1 Å². The Kier molecular flexibility index (Phi) is 13.1. The first-order valence-corrected chi connectivity index (χ1v) is 35.7. The van der Waals surface area contributed by atoms with Gasteiger partial charge in [-0.2, -0.15) is 19.9 Å². The van der Waals surface area contributed by atoms with Crippen molar-refractivity contribution >= 4 is 150 Å². The summed E-state index contributed by atoms with van der Waals surface area (Å²) in [5.41, 5.74) is 14.9. The minimum absolute atomic E-state index is 0.585. The van der Waals surface area contributed by atoms with Crippen molar-refractivity contribution in [3.8, 4) is 68.8 Å². The lowest BCUT2D eigenvalue weighted by Gasteiger charge is -2.12. The molecule has 0 aliphatic carbocycles. The molecule has 102 heavy (non-hydrogen) atoms. The van der Waals surface area contributed by atoms with E-state index in [2.05, 4.69) is 309 Å². The van der Waals surface area contributed by atoms with E-state index in [1.54, 1.807) is 11.3 Å². The molecule has 0 fully saturated rings. The summed E-state index contributed by atoms with van der Waals surface area (Å²) in [6, 6.07) is 115. The Labute approximate surface area is 590 Å². The summed E-state index contributed by atoms with van der Waals surface area (Å²) < 4.78 is 14.2. The first-order chi connectivity index (χ1) is 50.6. The molecule has 0 amide bonds. The van der Waals surface area contributed by atoms with E-state index >= 15 is 0 Å². The Morgan fingerprint density at radius 3 is 1.12 bits per heavy atom. The molecular formula is C90H54N10S2. The summed E-state index contributed by atoms with van der Waals surface area (Å²) in [5, 5.41) is 14.3. The predicted octanol–water partition coefficient (Wildman–Crippen LogP) is 23.5. The molecule has 0 unspecified atom stereocenters. The average molecular weight is 1340 g/mol. The van der Waals surface area contributed by atoms with Crippen LogP contribution in [0.1, 0.15) is 0 Å². The van der Waals surface area contributed by atoms with Crippen LogP contribution in [-0.4, -0.2) is 48.2 Å². The molecule has 0 atom stereocenters. The summed E-state index contributed by atoms with van der Waals surface area (Å²) in [7, 11) is 0. The third-order valence-corrected chi connectivity index (χ3v) is 22.2. The molecule has 22 aromatic rings. The molecule has 476 valence electrons. The molecule has 8 aromatic heterocycles. The van der Waals surface area contributed by atoms with Crippen LogP contribution in [0.2, 0.25) is 0 Å². The van der Waals surface area contributed by atoms with Gasteiger partial charge in [0.1, 0.15) is 0 Å². The summed E-state index contributed by atoms with van der Waals surface area (Å²) in [6.07, 6.45) is 0. The Bertz CT molecular complexity index is 7130. The molecule has 0 radical (unpaired) electrons. The number of nitrogens with zero attached hydrogens (tertiary/aromatic N) is 10. The van der Waals surface area contributed by atoms with Gasteiger partial charge in [-0.1, -0.05) is 231 Å². The van der Waals surface area contributed by atoms with E-state index in [0.29, 0.717) is 35.2 Å². The van der Waals surface area contributed by atoms with Gasteiger partial charge in [0.25, 0.3) is 0 Å². The van der Waals surface area contributed by atoms with Gasteiger partial charge in [-0.15, -0.1) is 22.7 Å². The lowest BCUT2D eigenvalue weighted by Crippen LogP contribution is -2.06. The maximum atomic E-state index is 5.35. The number of thiophene rings is 2. The van der Waals surface area contributed by atoms with Gasteiger partial charge < -0.3 is 9.13 Å². The number of benzene rings is 14. The molecular weight excluding hydrogens is 1290 g/mol. The summed E-state index contributed by atoms with van der Waals surface area (Å²) in [6.45, 7) is 0. The van der Waals surface area contributed by atoms with E-state index in [1.807, 2.05) is 47.7 Å². The zero-order valence-corrected chi connectivity index (χ0v) is 56.1. The quantitative estimate of drug-likeness (QED) is 0.150. The Morgan fingerprint density at radius 1 is 0.206 bits per heavy atom. The van der Waals surface area contributed by atoms with E-state index in [4.69, 9.17) is 29.9 Å². The smallest absolute Gasteiger partial charge is 0.238 e. The highest BCUT2D eigenvalue weighted by Crippen LogP contribution is 2.46. The second-order valence-electron chi connectivity index (χ2n) is 25.7. The zero-order chi connectivity index (χ0) is 66.9. The SMILES string of the molecule is c1ccc(-c2nc(-c3ccc4sc5ccccc5c4c3)nc(-n3c4ccccc4c4c3ccc3c5ccccc5n(-c5ccccc5)c34)n2)cc1.c1ccc(-c2nc(-c3cccc4sc5ccccc5c34)nc(-n3c4ccccc4c4c3ccc3c5ccccc5n(-c5ccccc5)c34)n2)cc1. The van der Waals surface area contributed by atoms with Gasteiger partial charge in [0, 0.05) is 117 Å². The van der Waals surface area contributed by atoms with Crippen LogP contribution >= 0.6 is 22.7 Å². The van der Waals surface area contributed by atoms with Crippen LogP contribution in [0.3, 0.4) is 0 Å². The number of para-hydroxylation sites is 6. The topological polar surface area (TPSA) is 97.1 Å². The van der Waals surface area contributed by atoms with Crippen molar-refractivity contribution in [1.82, 2.24) is 48.2 Å². The van der Waals surface area contributed by atoms with Crippen LogP contribution in [0, 0.1) is 0 Å². The third-order valence-electron chi connectivity index (χ3n) is 20.0. The molecule has 0 spiro atoms. The maximum absolute atomic E-state index is 5.35. The minimum atomic E-state index is 0.585. The fourth-order valence-corrected chi connectivity index (χ4v) is 17.8. The van der Waals surface area contributed by atoms with Crippen LogP contribution in [0.25, 0.3) is 196 Å². The molecule has 0 N–H and O–H groups in total. The molecule has 0 aliphatic heterocycles. The van der Waals surface area contributed by atoms with E-state index in [9.17, 15) is 0 Å². The minimum Gasteiger partial charge on any atom is -0.309 e. The molecule has 8 heterocycles. The lowest BCUT2D eigenvalue weighted by atomic mass is 10.1. The van der Waals surface area contributed by atoms with Crippen LogP contribution in [0.5, 0.6) is 0 Å². The molecule has 0 bridgehead atoms. The van der Waals surface area contributed by atoms with Gasteiger partial charge in [-0.25, -0.2) is 9.97 Å². The first-order valence-electron chi connectivity index (χ1n) is 34.1. The highest BCUT2D eigenvalue weighted by Gasteiger charge is 2.27. The van der Waals surface area contributed by atoms with E-state index in [0.717, 1.165) is 77.2 Å². The number of rotatable bonds is 8. The van der Waals surface area contributed by atoms with E-state index in [1.165, 1.54) is 84.0 Å². The Morgan fingerprint density at radius 2 is 0.588 bits per heavy atom. The second-order valence-corrected chi connectivity index (χ2v) is 27.8. The number of hydrogen-bond donors (Lipinski definition) is 0. The largest absolute Gasteiger partial charge is 0.309 e. The zero-order valence-electron chi connectivity index (χ0n) is 54.5.